The molecular weight excluding hydrogens is 166 g/mol. The van der Waals surface area contributed by atoms with Gasteiger partial charge in [0.25, 0.3) is 0 Å². The van der Waals surface area contributed by atoms with Crippen molar-refractivity contribution in [3.63, 3.8) is 0 Å². The van der Waals surface area contributed by atoms with Gasteiger partial charge in [0.05, 0.1) is 0 Å². The van der Waals surface area contributed by atoms with E-state index in [1.165, 1.54) is 31.4 Å². The van der Waals surface area contributed by atoms with Crippen LogP contribution in [0, 0.1) is 5.92 Å². The van der Waals surface area contributed by atoms with E-state index in [-0.39, 0.29) is 0 Å². The van der Waals surface area contributed by atoms with Crippen LogP contribution >= 0.6 is 11.8 Å². The largest absolute Gasteiger partial charge is 0.329 e. The Bertz CT molecular complexity index is 128. The maximum atomic E-state index is 5.67. The van der Waals surface area contributed by atoms with Crippen LogP contribution in [0.4, 0.5) is 0 Å². The van der Waals surface area contributed by atoms with Crippen LogP contribution in [-0.4, -0.2) is 17.0 Å². The van der Waals surface area contributed by atoms with Crippen molar-refractivity contribution in [1.82, 2.24) is 0 Å². The fourth-order valence-corrected chi connectivity index (χ4v) is 2.72. The fraction of sp³-hybridized carbons (Fsp3) is 1.00. The lowest BCUT2D eigenvalue weighted by atomic mass is 10.1. The van der Waals surface area contributed by atoms with E-state index in [0.717, 1.165) is 12.5 Å². The van der Waals surface area contributed by atoms with Gasteiger partial charge in [0.15, 0.2) is 0 Å². The molecule has 0 aliphatic heterocycles. The molecular formula is C10H21NS. The minimum Gasteiger partial charge on any atom is -0.329 e. The van der Waals surface area contributed by atoms with E-state index in [0.29, 0.717) is 4.75 Å². The summed E-state index contributed by atoms with van der Waals surface area (Å²) in [6.07, 6.45) is 5.81. The second kappa shape index (κ2) is 4.52. The first-order chi connectivity index (χ1) is 5.64. The summed E-state index contributed by atoms with van der Waals surface area (Å²) < 4.78 is 0.294. The first kappa shape index (κ1) is 10.4. The summed E-state index contributed by atoms with van der Waals surface area (Å²) in [4.78, 5) is 0. The number of nitrogens with two attached hydrogens (primary N) is 1. The third-order valence-electron chi connectivity index (χ3n) is 2.68. The molecule has 0 radical (unpaired) electrons. The normalized spacial score (nSPS) is 20.2. The molecule has 2 N–H and O–H groups in total. The van der Waals surface area contributed by atoms with Crippen LogP contribution in [0.15, 0.2) is 0 Å². The minimum atomic E-state index is 0.294. The highest BCUT2D eigenvalue weighted by Crippen LogP contribution is 2.32. The van der Waals surface area contributed by atoms with Crippen LogP contribution in [0.25, 0.3) is 0 Å². The molecule has 0 spiro atoms. The average Bonchev–Trinajstić information content (AvgIpc) is 2.53. The Hall–Kier alpha value is 0.310. The lowest BCUT2D eigenvalue weighted by Gasteiger charge is -2.23. The Kier molecular flexibility index (Phi) is 3.91. The van der Waals surface area contributed by atoms with Gasteiger partial charge < -0.3 is 5.73 Å². The van der Waals surface area contributed by atoms with Crippen molar-refractivity contribution >= 4 is 11.8 Å². The molecule has 0 aromatic heterocycles. The van der Waals surface area contributed by atoms with E-state index < -0.39 is 0 Å². The van der Waals surface area contributed by atoms with Crippen LogP contribution in [0.5, 0.6) is 0 Å². The number of thioether (sulfide) groups is 1. The van der Waals surface area contributed by atoms with Crippen molar-refractivity contribution in [2.45, 2.75) is 44.3 Å². The molecule has 0 saturated heterocycles. The maximum Gasteiger partial charge on any atom is 0.0226 e. The zero-order valence-electron chi connectivity index (χ0n) is 8.31. The van der Waals surface area contributed by atoms with Gasteiger partial charge in [0.2, 0.25) is 0 Å². The molecule has 2 heteroatoms. The third kappa shape index (κ3) is 3.36. The van der Waals surface area contributed by atoms with E-state index in [4.69, 9.17) is 5.73 Å². The molecule has 0 amide bonds. The lowest BCUT2D eigenvalue weighted by Crippen LogP contribution is -2.27. The maximum absolute atomic E-state index is 5.67. The summed E-state index contributed by atoms with van der Waals surface area (Å²) in [5.41, 5.74) is 5.67. The van der Waals surface area contributed by atoms with Crippen molar-refractivity contribution in [3.05, 3.63) is 0 Å². The topological polar surface area (TPSA) is 26.0 Å². The third-order valence-corrected chi connectivity index (χ3v) is 4.26. The molecule has 0 aromatic rings. The van der Waals surface area contributed by atoms with Crippen LogP contribution in [0.1, 0.15) is 39.5 Å². The summed E-state index contributed by atoms with van der Waals surface area (Å²) in [5, 5.41) is 0. The van der Waals surface area contributed by atoms with Gasteiger partial charge in [-0.3, -0.25) is 0 Å². The lowest BCUT2D eigenvalue weighted by molar-refractivity contribution is 0.615. The van der Waals surface area contributed by atoms with Crippen molar-refractivity contribution in [1.29, 1.82) is 0 Å². The van der Waals surface area contributed by atoms with Gasteiger partial charge in [0, 0.05) is 11.3 Å². The van der Waals surface area contributed by atoms with Gasteiger partial charge in [-0.05, 0) is 38.4 Å². The minimum absolute atomic E-state index is 0.294. The molecule has 0 unspecified atom stereocenters. The van der Waals surface area contributed by atoms with Crippen LogP contribution in [-0.2, 0) is 0 Å². The Labute approximate surface area is 80.5 Å². The van der Waals surface area contributed by atoms with Crippen molar-refractivity contribution in [3.8, 4) is 0 Å². The van der Waals surface area contributed by atoms with E-state index in [1.54, 1.807) is 0 Å². The van der Waals surface area contributed by atoms with Gasteiger partial charge in [-0.1, -0.05) is 12.8 Å². The quantitative estimate of drug-likeness (QED) is 0.732. The molecule has 0 aromatic carbocycles. The Morgan fingerprint density at radius 2 is 1.92 bits per heavy atom. The van der Waals surface area contributed by atoms with Gasteiger partial charge in [-0.15, -0.1) is 0 Å². The Balaban J connectivity index is 2.15. The van der Waals surface area contributed by atoms with Crippen LogP contribution in [0.3, 0.4) is 0 Å². The number of hydrogen-bond donors (Lipinski definition) is 1. The van der Waals surface area contributed by atoms with E-state index in [1.807, 2.05) is 0 Å². The second-order valence-electron chi connectivity index (χ2n) is 4.43. The van der Waals surface area contributed by atoms with E-state index in [9.17, 15) is 0 Å². The number of hydrogen-bond acceptors (Lipinski definition) is 2. The van der Waals surface area contributed by atoms with Crippen molar-refractivity contribution in [2.75, 3.05) is 12.3 Å². The predicted molar refractivity (Wildman–Crippen MR) is 57.5 cm³/mol. The number of rotatable bonds is 4. The van der Waals surface area contributed by atoms with E-state index >= 15 is 0 Å². The second-order valence-corrected chi connectivity index (χ2v) is 6.15. The Morgan fingerprint density at radius 1 is 1.33 bits per heavy atom. The molecule has 1 aliphatic carbocycles. The van der Waals surface area contributed by atoms with Gasteiger partial charge >= 0.3 is 0 Å². The smallest absolute Gasteiger partial charge is 0.0226 e. The highest BCUT2D eigenvalue weighted by Gasteiger charge is 2.21. The average molecular weight is 187 g/mol. The SMILES string of the molecule is CC(C)(CN)SCC1CCCC1. The van der Waals surface area contributed by atoms with Crippen molar-refractivity contribution in [2.24, 2.45) is 11.7 Å². The molecule has 0 heterocycles. The van der Waals surface area contributed by atoms with E-state index in [2.05, 4.69) is 25.6 Å². The molecule has 1 aliphatic rings. The predicted octanol–water partition coefficient (Wildman–Crippen LogP) is 2.65. The standard InChI is InChI=1S/C10H21NS/c1-10(2,8-11)12-7-9-5-3-4-6-9/h9H,3-8,11H2,1-2H3. The molecule has 1 nitrogen and oxygen atoms in total. The van der Waals surface area contributed by atoms with Crippen LogP contribution < -0.4 is 5.73 Å². The molecule has 72 valence electrons. The highest BCUT2D eigenvalue weighted by molar-refractivity contribution is 8.00. The zero-order valence-corrected chi connectivity index (χ0v) is 9.12. The molecule has 0 bridgehead atoms. The monoisotopic (exact) mass is 187 g/mol. The first-order valence-corrected chi connectivity index (χ1v) is 5.96. The highest BCUT2D eigenvalue weighted by atomic mass is 32.2. The van der Waals surface area contributed by atoms with Crippen molar-refractivity contribution < 1.29 is 0 Å². The molecule has 0 atom stereocenters. The van der Waals surface area contributed by atoms with Gasteiger partial charge in [0.1, 0.15) is 0 Å². The van der Waals surface area contributed by atoms with Gasteiger partial charge in [-0.25, -0.2) is 0 Å². The molecule has 1 saturated carbocycles. The van der Waals surface area contributed by atoms with Crippen LogP contribution in [0.2, 0.25) is 0 Å². The Morgan fingerprint density at radius 3 is 2.42 bits per heavy atom. The summed E-state index contributed by atoms with van der Waals surface area (Å²) >= 11 is 2.05. The zero-order chi connectivity index (χ0) is 9.03. The molecule has 12 heavy (non-hydrogen) atoms. The van der Waals surface area contributed by atoms with Gasteiger partial charge in [-0.2, -0.15) is 11.8 Å². The molecule has 1 fully saturated rings. The first-order valence-electron chi connectivity index (χ1n) is 4.98. The summed E-state index contributed by atoms with van der Waals surface area (Å²) in [6.45, 7) is 5.28. The fourth-order valence-electron chi connectivity index (χ4n) is 1.58. The molecule has 1 rings (SSSR count). The summed E-state index contributed by atoms with van der Waals surface area (Å²) in [7, 11) is 0. The summed E-state index contributed by atoms with van der Waals surface area (Å²) in [6, 6.07) is 0. The summed E-state index contributed by atoms with van der Waals surface area (Å²) in [5.74, 6) is 2.31.